The van der Waals surface area contributed by atoms with Crippen molar-refractivity contribution in [3.8, 4) is 12.0 Å². The number of nitrogens with zero attached hydrogens (tertiary/aromatic N) is 9. The summed E-state index contributed by atoms with van der Waals surface area (Å²) >= 11 is 0. The lowest BCUT2D eigenvalue weighted by Crippen LogP contribution is -2.31. The van der Waals surface area contributed by atoms with Gasteiger partial charge in [-0.3, -0.25) is 9.11 Å². The molecule has 0 fully saturated rings. The van der Waals surface area contributed by atoms with Gasteiger partial charge >= 0.3 is 12.0 Å². The summed E-state index contributed by atoms with van der Waals surface area (Å²) in [7, 11) is -2.28. The number of aromatic nitrogens is 6. The molecule has 0 aliphatic heterocycles. The average molecular weight is 897 g/mol. The van der Waals surface area contributed by atoms with Crippen molar-refractivity contribution in [3.05, 3.63) is 77.9 Å². The molecular formula is C38H48N12O10S2. The first kappa shape index (κ1) is 46.9. The maximum absolute atomic E-state index is 12.7. The minimum atomic E-state index is -4.89. The van der Waals surface area contributed by atoms with Crippen LogP contribution in [-0.2, 0) is 20.2 Å². The molecule has 7 N–H and O–H groups in total. The number of anilines is 7. The van der Waals surface area contributed by atoms with Crippen LogP contribution >= 0.6 is 0 Å². The molecule has 24 heteroatoms. The van der Waals surface area contributed by atoms with E-state index in [0.29, 0.717) is 18.8 Å². The molecular weight excluding hydrogens is 849 g/mol. The quantitative estimate of drug-likeness (QED) is 0.0366. The van der Waals surface area contributed by atoms with Crippen LogP contribution in [0, 0.1) is 0 Å². The maximum atomic E-state index is 12.7. The van der Waals surface area contributed by atoms with Gasteiger partial charge in [0, 0.05) is 43.2 Å². The molecule has 3 aromatic carbocycles. The number of rotatable bonds is 23. The summed E-state index contributed by atoms with van der Waals surface area (Å²) in [5.74, 6) is 0.0988. The number of hydrogen-bond donors (Lipinski definition) is 7. The van der Waals surface area contributed by atoms with Crippen LogP contribution in [-0.4, -0.2) is 157 Å². The van der Waals surface area contributed by atoms with Crippen LogP contribution in [0.5, 0.6) is 12.0 Å². The maximum Gasteiger partial charge on any atom is 0.323 e. The normalized spacial score (nSPS) is 11.9. The Bertz CT molecular complexity index is 2530. The van der Waals surface area contributed by atoms with Gasteiger partial charge in [-0.15, -0.1) is 0 Å². The summed E-state index contributed by atoms with van der Waals surface area (Å²) in [6.07, 6.45) is 2.49. The van der Waals surface area contributed by atoms with Gasteiger partial charge in [-0.25, -0.2) is 0 Å². The molecule has 2 heterocycles. The summed E-state index contributed by atoms with van der Waals surface area (Å²) in [6, 6.07) is 16.9. The smallest absolute Gasteiger partial charge is 0.323 e. The van der Waals surface area contributed by atoms with E-state index in [9.17, 15) is 36.2 Å². The first-order valence-electron chi connectivity index (χ1n) is 18.8. The van der Waals surface area contributed by atoms with Crippen LogP contribution in [0.4, 0.5) is 40.9 Å². The van der Waals surface area contributed by atoms with Crippen molar-refractivity contribution >= 4 is 73.2 Å². The lowest BCUT2D eigenvalue weighted by Gasteiger charge is -2.21. The third-order valence-corrected chi connectivity index (χ3v) is 10.2. The Balaban J connectivity index is 1.44. The summed E-state index contributed by atoms with van der Waals surface area (Å²) in [5, 5.41) is 28.0. The Labute approximate surface area is 358 Å². The molecule has 62 heavy (non-hydrogen) atoms. The van der Waals surface area contributed by atoms with Gasteiger partial charge in [0.2, 0.25) is 23.8 Å². The van der Waals surface area contributed by atoms with Gasteiger partial charge in [0.05, 0.1) is 13.2 Å². The van der Waals surface area contributed by atoms with Gasteiger partial charge < -0.3 is 50.3 Å². The lowest BCUT2D eigenvalue weighted by molar-refractivity contribution is 0.244. The molecule has 0 atom stereocenters. The summed E-state index contributed by atoms with van der Waals surface area (Å²) in [6.45, 7) is 1.19. The second kappa shape index (κ2) is 21.6. The molecule has 0 saturated heterocycles. The number of nitrogens with one attached hydrogen (secondary N) is 3. The van der Waals surface area contributed by atoms with Gasteiger partial charge in [0.1, 0.15) is 23.0 Å². The molecule has 332 valence electrons. The fourth-order valence-corrected chi connectivity index (χ4v) is 6.79. The Morgan fingerprint density at radius 1 is 0.565 bits per heavy atom. The number of ether oxygens (including phenoxy) is 2. The molecule has 5 aromatic rings. The molecule has 0 aliphatic rings. The van der Waals surface area contributed by atoms with Crippen molar-refractivity contribution in [1.82, 2.24) is 39.7 Å². The third kappa shape index (κ3) is 14.2. The molecule has 0 aliphatic carbocycles. The molecule has 22 nitrogen and oxygen atoms in total. The number of hydrogen-bond acceptors (Lipinski definition) is 20. The molecule has 0 spiro atoms. The van der Waals surface area contributed by atoms with Crippen LogP contribution in [0.15, 0.2) is 76.5 Å². The van der Waals surface area contributed by atoms with E-state index in [1.165, 1.54) is 41.3 Å². The van der Waals surface area contributed by atoms with Crippen LogP contribution in [0.25, 0.3) is 12.2 Å². The predicted octanol–water partition coefficient (Wildman–Crippen LogP) is 2.62. The van der Waals surface area contributed by atoms with E-state index in [1.54, 1.807) is 12.1 Å². The molecule has 0 radical (unpaired) electrons. The number of benzene rings is 3. The van der Waals surface area contributed by atoms with E-state index in [-0.39, 0.29) is 97.8 Å². The average Bonchev–Trinajstić information content (AvgIpc) is 3.20. The van der Waals surface area contributed by atoms with E-state index < -0.39 is 30.0 Å². The highest BCUT2D eigenvalue weighted by atomic mass is 32.2. The first-order valence-corrected chi connectivity index (χ1v) is 21.7. The van der Waals surface area contributed by atoms with Crippen LogP contribution in [0.3, 0.4) is 0 Å². The van der Waals surface area contributed by atoms with E-state index in [0.717, 1.165) is 12.1 Å². The number of aliphatic hydroxyl groups excluding tert-OH is 2. The Morgan fingerprint density at radius 3 is 1.44 bits per heavy atom. The highest BCUT2D eigenvalue weighted by molar-refractivity contribution is 7.86. The van der Waals surface area contributed by atoms with Crippen LogP contribution in [0.2, 0.25) is 0 Å². The number of para-hydroxylation sites is 1. The van der Waals surface area contributed by atoms with Crippen molar-refractivity contribution in [2.24, 2.45) is 0 Å². The predicted molar refractivity (Wildman–Crippen MR) is 232 cm³/mol. The first-order chi connectivity index (χ1) is 29.5. The lowest BCUT2D eigenvalue weighted by atomic mass is 10.1. The minimum Gasteiger partial charge on any atom is -0.462 e. The SMILES string of the molecule is CN(C)CCOc1nc(Nc2ccccc2)nc(Nc2ccc(/C=C/c3ccc(Nc4nc(OCCN(C)C)nc(N(CCO)CCO)n4)cc3S(=O)(=O)O)c(S(=O)(=O)O)c2)n1. The monoisotopic (exact) mass is 896 g/mol. The molecule has 0 bridgehead atoms. The van der Waals surface area contributed by atoms with Crippen molar-refractivity contribution in [2.75, 3.05) is 102 Å². The second-order valence-corrected chi connectivity index (χ2v) is 16.6. The van der Waals surface area contributed by atoms with E-state index in [1.807, 2.05) is 56.2 Å². The van der Waals surface area contributed by atoms with Crippen LogP contribution < -0.4 is 30.3 Å². The van der Waals surface area contributed by atoms with Crippen molar-refractivity contribution in [1.29, 1.82) is 0 Å². The minimum absolute atomic E-state index is 0.0107. The van der Waals surface area contributed by atoms with Gasteiger partial charge in [-0.1, -0.05) is 42.5 Å². The second-order valence-electron chi connectivity index (χ2n) is 13.8. The largest absolute Gasteiger partial charge is 0.462 e. The Hall–Kier alpha value is -6.12. The fraction of sp³-hybridized carbons (Fsp3) is 0.316. The fourth-order valence-electron chi connectivity index (χ4n) is 5.37. The summed E-state index contributed by atoms with van der Waals surface area (Å²) in [5.41, 5.74) is 0.871. The van der Waals surface area contributed by atoms with Crippen molar-refractivity contribution in [3.63, 3.8) is 0 Å². The molecule has 2 aromatic heterocycles. The zero-order valence-electron chi connectivity index (χ0n) is 34.2. The highest BCUT2D eigenvalue weighted by Gasteiger charge is 2.20. The van der Waals surface area contributed by atoms with E-state index in [4.69, 9.17) is 9.47 Å². The van der Waals surface area contributed by atoms with Gasteiger partial charge in [-0.2, -0.15) is 46.7 Å². The van der Waals surface area contributed by atoms with Crippen LogP contribution in [0.1, 0.15) is 11.1 Å². The zero-order valence-corrected chi connectivity index (χ0v) is 35.9. The van der Waals surface area contributed by atoms with Gasteiger partial charge in [-0.05, 0) is 75.7 Å². The third-order valence-electron chi connectivity index (χ3n) is 8.35. The molecule has 0 unspecified atom stereocenters. The summed E-state index contributed by atoms with van der Waals surface area (Å²) < 4.78 is 82.6. The molecule has 5 rings (SSSR count). The Morgan fingerprint density at radius 2 is 1.00 bits per heavy atom. The standard InChI is InChI=1S/C38H48N12O10S2/c1-48(2)18-22-59-37-44-33(39-28-8-6-5-7-9-28)42-34(45-37)40-29-14-12-26(31(24-29)61(53,54)55)10-11-27-13-15-30(25-32(27)62(56,57)58)41-35-43-36(50(16-20-51)17-21-52)47-38(46-35)60-23-19-49(3)4/h5-15,24-25,51-52H,16-23H2,1-4H3,(H,53,54,55)(H,56,57,58)(H,41,43,46,47)(H2,39,40,42,44,45)/b11-10+. The topological polar surface area (TPSA) is 291 Å². The Kier molecular flexibility index (Phi) is 16.4. The van der Waals surface area contributed by atoms with Gasteiger partial charge in [0.15, 0.2) is 0 Å². The van der Waals surface area contributed by atoms with E-state index >= 15 is 0 Å². The van der Waals surface area contributed by atoms with Gasteiger partial charge in [0.25, 0.3) is 20.2 Å². The highest BCUT2D eigenvalue weighted by Crippen LogP contribution is 2.29. The van der Waals surface area contributed by atoms with E-state index in [2.05, 4.69) is 45.9 Å². The number of aliphatic hydroxyl groups is 2. The zero-order chi connectivity index (χ0) is 44.9. The number of likely N-dealkylation sites (N-methyl/N-ethyl adjacent to an activating group) is 2. The molecule has 0 amide bonds. The van der Waals surface area contributed by atoms with Crippen molar-refractivity contribution < 1.29 is 45.6 Å². The summed E-state index contributed by atoms with van der Waals surface area (Å²) in [4.78, 5) is 30.1. The van der Waals surface area contributed by atoms with Crippen molar-refractivity contribution in [2.45, 2.75) is 9.79 Å². The molecule has 0 saturated carbocycles.